The first-order chi connectivity index (χ1) is 11.0. The van der Waals surface area contributed by atoms with Gasteiger partial charge in [0.15, 0.2) is 5.75 Å². The summed E-state index contributed by atoms with van der Waals surface area (Å²) in [6.45, 7) is 1.60. The SMILES string of the molecule is COc1ccc(NC(=O)COCCOCC[NH3+])c(O)c1C(N)=O. The molecule has 0 fully saturated rings. The van der Waals surface area contributed by atoms with E-state index < -0.39 is 17.6 Å². The highest BCUT2D eigenvalue weighted by Gasteiger charge is 2.19. The Morgan fingerprint density at radius 1 is 1.26 bits per heavy atom. The maximum absolute atomic E-state index is 11.7. The quantitative estimate of drug-likeness (QED) is 0.310. The second kappa shape index (κ2) is 9.62. The number of nitrogens with two attached hydrogens (primary N) is 1. The van der Waals surface area contributed by atoms with Crippen molar-refractivity contribution in [2.24, 2.45) is 5.73 Å². The van der Waals surface area contributed by atoms with E-state index in [0.29, 0.717) is 19.8 Å². The van der Waals surface area contributed by atoms with Crippen molar-refractivity contribution in [1.29, 1.82) is 0 Å². The van der Waals surface area contributed by atoms with Gasteiger partial charge in [0.25, 0.3) is 5.91 Å². The number of aromatic hydroxyl groups is 1. The maximum Gasteiger partial charge on any atom is 0.256 e. The van der Waals surface area contributed by atoms with Crippen LogP contribution in [-0.4, -0.2) is 57.0 Å². The van der Waals surface area contributed by atoms with Gasteiger partial charge in [-0.05, 0) is 12.1 Å². The Kier molecular flexibility index (Phi) is 7.81. The predicted octanol–water partition coefficient (Wildman–Crippen LogP) is -1.29. The van der Waals surface area contributed by atoms with Crippen molar-refractivity contribution in [3.63, 3.8) is 0 Å². The lowest BCUT2D eigenvalue weighted by Crippen LogP contribution is -2.52. The highest BCUT2D eigenvalue weighted by molar-refractivity contribution is 6.02. The van der Waals surface area contributed by atoms with Gasteiger partial charge in [0.2, 0.25) is 5.91 Å². The molecule has 0 aliphatic heterocycles. The summed E-state index contributed by atoms with van der Waals surface area (Å²) in [6.07, 6.45) is 0. The molecule has 1 aromatic carbocycles. The van der Waals surface area contributed by atoms with E-state index >= 15 is 0 Å². The zero-order valence-electron chi connectivity index (χ0n) is 13.0. The third-order valence-corrected chi connectivity index (χ3v) is 2.77. The number of quaternary nitrogens is 1. The molecule has 0 aromatic heterocycles. The molecule has 128 valence electrons. The number of primary amides is 1. The highest BCUT2D eigenvalue weighted by atomic mass is 16.5. The van der Waals surface area contributed by atoms with Crippen LogP contribution in [-0.2, 0) is 14.3 Å². The Morgan fingerprint density at radius 3 is 2.57 bits per heavy atom. The monoisotopic (exact) mass is 328 g/mol. The molecule has 9 heteroatoms. The van der Waals surface area contributed by atoms with Crippen molar-refractivity contribution in [2.75, 3.05) is 45.4 Å². The van der Waals surface area contributed by atoms with Gasteiger partial charge in [0, 0.05) is 0 Å². The molecule has 23 heavy (non-hydrogen) atoms. The van der Waals surface area contributed by atoms with Gasteiger partial charge in [-0.15, -0.1) is 0 Å². The molecule has 0 saturated heterocycles. The average molecular weight is 328 g/mol. The number of nitrogens with one attached hydrogen (secondary N) is 1. The van der Waals surface area contributed by atoms with Gasteiger partial charge in [-0.25, -0.2) is 0 Å². The summed E-state index contributed by atoms with van der Waals surface area (Å²) >= 11 is 0. The zero-order valence-corrected chi connectivity index (χ0v) is 13.0. The Morgan fingerprint density at radius 2 is 1.96 bits per heavy atom. The van der Waals surface area contributed by atoms with Crippen LogP contribution in [0.4, 0.5) is 5.69 Å². The van der Waals surface area contributed by atoms with E-state index in [1.54, 1.807) is 0 Å². The lowest BCUT2D eigenvalue weighted by atomic mass is 10.1. The van der Waals surface area contributed by atoms with Gasteiger partial charge in [-0.1, -0.05) is 0 Å². The zero-order chi connectivity index (χ0) is 17.2. The lowest BCUT2D eigenvalue weighted by Gasteiger charge is -2.12. The van der Waals surface area contributed by atoms with Crippen LogP contribution in [0.3, 0.4) is 0 Å². The molecule has 0 saturated carbocycles. The molecular formula is C14H22N3O6+. The number of anilines is 1. The normalized spacial score (nSPS) is 10.3. The Labute approximate surface area is 133 Å². The standard InChI is InChI=1S/C14H21N3O6/c1-21-10-3-2-9(13(19)12(10)14(16)20)17-11(18)8-23-7-6-22-5-4-15/h2-3,19H,4-8,15H2,1H3,(H2,16,20)(H,17,18)/p+1. The number of hydrogen-bond donors (Lipinski definition) is 4. The maximum atomic E-state index is 11.7. The molecule has 1 rings (SSSR count). The van der Waals surface area contributed by atoms with E-state index in [0.717, 1.165) is 0 Å². The molecule has 2 amide bonds. The van der Waals surface area contributed by atoms with Crippen LogP contribution in [0.2, 0.25) is 0 Å². The number of phenols is 1. The highest BCUT2D eigenvalue weighted by Crippen LogP contribution is 2.34. The van der Waals surface area contributed by atoms with E-state index in [2.05, 4.69) is 11.1 Å². The Hall–Kier alpha value is -2.36. The number of methoxy groups -OCH3 is 1. The van der Waals surface area contributed by atoms with Gasteiger partial charge < -0.3 is 36.1 Å². The first kappa shape index (κ1) is 18.7. The van der Waals surface area contributed by atoms with Crippen molar-refractivity contribution < 1.29 is 34.6 Å². The minimum absolute atomic E-state index is 0.0431. The molecule has 0 radical (unpaired) electrons. The van der Waals surface area contributed by atoms with Crippen LogP contribution in [0.1, 0.15) is 10.4 Å². The summed E-state index contributed by atoms with van der Waals surface area (Å²) in [7, 11) is 1.34. The van der Waals surface area contributed by atoms with Gasteiger partial charge >= 0.3 is 0 Å². The molecule has 0 aliphatic carbocycles. The number of carbonyl (C=O) groups is 2. The van der Waals surface area contributed by atoms with Gasteiger partial charge in [0.1, 0.15) is 17.9 Å². The lowest BCUT2D eigenvalue weighted by molar-refractivity contribution is -0.374. The Balaban J connectivity index is 2.58. The summed E-state index contributed by atoms with van der Waals surface area (Å²) in [5, 5.41) is 12.5. The van der Waals surface area contributed by atoms with E-state index in [9.17, 15) is 14.7 Å². The summed E-state index contributed by atoms with van der Waals surface area (Å²) in [5.41, 5.74) is 8.66. The number of amides is 2. The fraction of sp³-hybridized carbons (Fsp3) is 0.429. The van der Waals surface area contributed by atoms with Crippen LogP contribution >= 0.6 is 0 Å². The molecular weight excluding hydrogens is 306 g/mol. The largest absolute Gasteiger partial charge is 0.505 e. The fourth-order valence-electron chi connectivity index (χ4n) is 1.75. The molecule has 0 heterocycles. The summed E-state index contributed by atoms with van der Waals surface area (Å²) in [6, 6.07) is 2.82. The summed E-state index contributed by atoms with van der Waals surface area (Å²) in [5.74, 6) is -1.69. The number of hydrogen-bond acceptors (Lipinski definition) is 6. The number of carbonyl (C=O) groups excluding carboxylic acids is 2. The van der Waals surface area contributed by atoms with E-state index in [4.69, 9.17) is 19.9 Å². The van der Waals surface area contributed by atoms with Crippen molar-refractivity contribution in [2.45, 2.75) is 0 Å². The third kappa shape index (κ3) is 5.74. The van der Waals surface area contributed by atoms with Crippen molar-refractivity contribution in [1.82, 2.24) is 0 Å². The summed E-state index contributed by atoms with van der Waals surface area (Å²) in [4.78, 5) is 23.1. The van der Waals surface area contributed by atoms with Crippen molar-refractivity contribution in [3.05, 3.63) is 17.7 Å². The van der Waals surface area contributed by atoms with Gasteiger partial charge in [-0.2, -0.15) is 0 Å². The second-order valence-corrected chi connectivity index (χ2v) is 4.47. The number of benzene rings is 1. The van der Waals surface area contributed by atoms with Gasteiger partial charge in [-0.3, -0.25) is 9.59 Å². The van der Waals surface area contributed by atoms with E-state index in [-0.39, 0.29) is 30.2 Å². The van der Waals surface area contributed by atoms with Crippen LogP contribution in [0.25, 0.3) is 0 Å². The minimum atomic E-state index is -0.866. The predicted molar refractivity (Wildman–Crippen MR) is 81.2 cm³/mol. The first-order valence-corrected chi connectivity index (χ1v) is 6.95. The molecule has 0 unspecified atom stereocenters. The minimum Gasteiger partial charge on any atom is -0.505 e. The second-order valence-electron chi connectivity index (χ2n) is 4.47. The topological polar surface area (TPSA) is 148 Å². The molecule has 9 nitrogen and oxygen atoms in total. The molecule has 1 aromatic rings. The first-order valence-electron chi connectivity index (χ1n) is 6.95. The summed E-state index contributed by atoms with van der Waals surface area (Å²) < 4.78 is 15.2. The van der Waals surface area contributed by atoms with Gasteiger partial charge in [0.05, 0.1) is 39.2 Å². The molecule has 0 atom stereocenters. The molecule has 0 bridgehead atoms. The average Bonchev–Trinajstić information content (AvgIpc) is 2.52. The van der Waals surface area contributed by atoms with Crippen molar-refractivity contribution in [3.8, 4) is 11.5 Å². The van der Waals surface area contributed by atoms with E-state index in [1.165, 1.54) is 19.2 Å². The Bertz CT molecular complexity index is 550. The fourth-order valence-corrected chi connectivity index (χ4v) is 1.75. The third-order valence-electron chi connectivity index (χ3n) is 2.77. The molecule has 0 aliphatic rings. The van der Waals surface area contributed by atoms with Crippen LogP contribution in [0, 0.1) is 0 Å². The smallest absolute Gasteiger partial charge is 0.256 e. The van der Waals surface area contributed by atoms with E-state index in [1.807, 2.05) is 0 Å². The van der Waals surface area contributed by atoms with Crippen molar-refractivity contribution >= 4 is 17.5 Å². The van der Waals surface area contributed by atoms with Crippen LogP contribution in [0.5, 0.6) is 11.5 Å². The molecule has 0 spiro atoms. The molecule has 7 N–H and O–H groups in total. The van der Waals surface area contributed by atoms with Crippen LogP contribution < -0.4 is 21.5 Å². The van der Waals surface area contributed by atoms with Crippen LogP contribution in [0.15, 0.2) is 12.1 Å². The number of ether oxygens (including phenoxy) is 3. The number of rotatable bonds is 10.